The Morgan fingerprint density at radius 1 is 1.08 bits per heavy atom. The van der Waals surface area contributed by atoms with Crippen molar-refractivity contribution in [3.63, 3.8) is 0 Å². The molecule has 26 heavy (non-hydrogen) atoms. The van der Waals surface area contributed by atoms with E-state index in [1.807, 2.05) is 43.4 Å². The van der Waals surface area contributed by atoms with E-state index in [-0.39, 0.29) is 5.91 Å². The van der Waals surface area contributed by atoms with Gasteiger partial charge >= 0.3 is 0 Å². The number of carbonyl (C=O) groups excluding carboxylic acids is 1. The Hall–Kier alpha value is -2.93. The van der Waals surface area contributed by atoms with Gasteiger partial charge in [-0.1, -0.05) is 23.7 Å². The summed E-state index contributed by atoms with van der Waals surface area (Å²) in [6.07, 6.45) is 2.34. The second-order valence-electron chi connectivity index (χ2n) is 6.14. The van der Waals surface area contributed by atoms with E-state index in [9.17, 15) is 4.79 Å². The zero-order valence-corrected chi connectivity index (χ0v) is 15.0. The minimum Gasteiger partial charge on any atom is -0.373 e. The van der Waals surface area contributed by atoms with Gasteiger partial charge in [-0.25, -0.2) is 0 Å². The molecule has 0 radical (unpaired) electrons. The van der Waals surface area contributed by atoms with Crippen LogP contribution in [0.5, 0.6) is 0 Å². The van der Waals surface area contributed by atoms with Crippen LogP contribution in [0.2, 0.25) is 5.02 Å². The zero-order valence-electron chi connectivity index (χ0n) is 14.2. The SMILES string of the molecule is CN1CCCN(C(=O)c2ccccc2-n2cnnn2)c2cc(Cl)ccc21. The molecule has 0 N–H and O–H groups in total. The number of fused-ring (bicyclic) bond motifs is 1. The molecule has 2 heterocycles. The number of halogens is 1. The number of carbonyl (C=O) groups is 1. The van der Waals surface area contributed by atoms with Crippen molar-refractivity contribution in [1.82, 2.24) is 20.2 Å². The highest BCUT2D eigenvalue weighted by Crippen LogP contribution is 2.35. The molecule has 3 aromatic rings. The van der Waals surface area contributed by atoms with E-state index >= 15 is 0 Å². The molecule has 4 rings (SSSR count). The van der Waals surface area contributed by atoms with Gasteiger partial charge in [0.05, 0.1) is 22.6 Å². The molecule has 1 amide bonds. The number of benzene rings is 2. The molecule has 0 unspecified atom stereocenters. The molecule has 0 spiro atoms. The summed E-state index contributed by atoms with van der Waals surface area (Å²) < 4.78 is 1.50. The minimum atomic E-state index is -0.102. The maximum Gasteiger partial charge on any atom is 0.260 e. The average molecular weight is 369 g/mol. The van der Waals surface area contributed by atoms with Crippen molar-refractivity contribution in [2.24, 2.45) is 0 Å². The molecule has 0 saturated heterocycles. The zero-order chi connectivity index (χ0) is 18.1. The first-order chi connectivity index (χ1) is 12.6. The number of amides is 1. The number of tetrazole rings is 1. The number of nitrogens with zero attached hydrogens (tertiary/aromatic N) is 6. The first-order valence-electron chi connectivity index (χ1n) is 8.30. The Morgan fingerprint density at radius 3 is 2.73 bits per heavy atom. The fourth-order valence-corrected chi connectivity index (χ4v) is 3.39. The summed E-state index contributed by atoms with van der Waals surface area (Å²) in [4.78, 5) is 17.4. The van der Waals surface area contributed by atoms with Crippen molar-refractivity contribution in [3.05, 3.63) is 59.4 Å². The van der Waals surface area contributed by atoms with Gasteiger partial charge in [0.2, 0.25) is 0 Å². The summed E-state index contributed by atoms with van der Waals surface area (Å²) in [6.45, 7) is 1.48. The van der Waals surface area contributed by atoms with Gasteiger partial charge in [0.1, 0.15) is 6.33 Å². The summed E-state index contributed by atoms with van der Waals surface area (Å²) >= 11 is 6.22. The van der Waals surface area contributed by atoms with Gasteiger partial charge in [0.25, 0.3) is 5.91 Å². The summed E-state index contributed by atoms with van der Waals surface area (Å²) in [5.41, 5.74) is 2.98. The Labute approximate surface area is 155 Å². The van der Waals surface area contributed by atoms with E-state index < -0.39 is 0 Å². The minimum absolute atomic E-state index is 0.102. The average Bonchev–Trinajstić information content (AvgIpc) is 3.14. The lowest BCUT2D eigenvalue weighted by Crippen LogP contribution is -2.32. The topological polar surface area (TPSA) is 67.2 Å². The summed E-state index contributed by atoms with van der Waals surface area (Å²) in [5.74, 6) is -0.102. The molecule has 8 heteroatoms. The Balaban J connectivity index is 1.81. The third-order valence-electron chi connectivity index (χ3n) is 4.49. The van der Waals surface area contributed by atoms with Crippen molar-refractivity contribution >= 4 is 28.9 Å². The van der Waals surface area contributed by atoms with Crippen LogP contribution in [0.1, 0.15) is 16.8 Å². The largest absolute Gasteiger partial charge is 0.373 e. The number of aromatic nitrogens is 4. The van der Waals surface area contributed by atoms with Gasteiger partial charge in [-0.15, -0.1) is 5.10 Å². The van der Waals surface area contributed by atoms with E-state index in [0.29, 0.717) is 22.8 Å². The molecule has 1 aliphatic rings. The third kappa shape index (κ3) is 2.90. The van der Waals surface area contributed by atoms with Crippen molar-refractivity contribution < 1.29 is 4.79 Å². The van der Waals surface area contributed by atoms with Gasteiger partial charge in [0.15, 0.2) is 0 Å². The highest BCUT2D eigenvalue weighted by molar-refractivity contribution is 6.31. The highest BCUT2D eigenvalue weighted by atomic mass is 35.5. The first-order valence-corrected chi connectivity index (χ1v) is 8.68. The fourth-order valence-electron chi connectivity index (χ4n) is 3.22. The van der Waals surface area contributed by atoms with Crippen LogP contribution in [0.25, 0.3) is 5.69 Å². The predicted molar refractivity (Wildman–Crippen MR) is 100 cm³/mol. The van der Waals surface area contributed by atoms with E-state index in [1.54, 1.807) is 11.0 Å². The molecule has 0 saturated carbocycles. The first kappa shape index (κ1) is 16.5. The monoisotopic (exact) mass is 368 g/mol. The second-order valence-corrected chi connectivity index (χ2v) is 6.57. The molecule has 7 nitrogen and oxygen atoms in total. The van der Waals surface area contributed by atoms with E-state index in [1.165, 1.54) is 11.0 Å². The van der Waals surface area contributed by atoms with E-state index in [4.69, 9.17) is 11.6 Å². The van der Waals surface area contributed by atoms with Gasteiger partial charge < -0.3 is 9.80 Å². The molecule has 0 atom stereocenters. The predicted octanol–water partition coefficient (Wildman–Crippen LogP) is 2.80. The van der Waals surface area contributed by atoms with Crippen LogP contribution in [0.4, 0.5) is 11.4 Å². The van der Waals surface area contributed by atoms with Crippen LogP contribution in [0, 0.1) is 0 Å². The summed E-state index contributed by atoms with van der Waals surface area (Å²) in [5, 5.41) is 11.9. The van der Waals surface area contributed by atoms with Crippen LogP contribution in [-0.4, -0.2) is 46.3 Å². The Kier molecular flexibility index (Phi) is 4.30. The maximum atomic E-state index is 13.4. The Morgan fingerprint density at radius 2 is 1.92 bits per heavy atom. The molecule has 1 aromatic heterocycles. The summed E-state index contributed by atoms with van der Waals surface area (Å²) in [6, 6.07) is 13.0. The molecule has 1 aliphatic heterocycles. The number of hydrogen-bond acceptors (Lipinski definition) is 5. The van der Waals surface area contributed by atoms with Crippen LogP contribution in [0.15, 0.2) is 48.8 Å². The number of anilines is 2. The molecular formula is C18H17ClN6O. The van der Waals surface area contributed by atoms with Crippen molar-refractivity contribution in [3.8, 4) is 5.69 Å². The lowest BCUT2D eigenvalue weighted by molar-refractivity contribution is 0.0987. The van der Waals surface area contributed by atoms with Crippen LogP contribution >= 0.6 is 11.6 Å². The summed E-state index contributed by atoms with van der Waals surface area (Å²) in [7, 11) is 2.02. The van der Waals surface area contributed by atoms with Crippen LogP contribution in [0.3, 0.4) is 0 Å². The van der Waals surface area contributed by atoms with Gasteiger partial charge in [-0.05, 0) is 47.2 Å². The van der Waals surface area contributed by atoms with E-state index in [2.05, 4.69) is 20.4 Å². The van der Waals surface area contributed by atoms with Crippen molar-refractivity contribution in [2.75, 3.05) is 29.9 Å². The highest BCUT2D eigenvalue weighted by Gasteiger charge is 2.26. The Bertz CT molecular complexity index is 943. The van der Waals surface area contributed by atoms with Crippen LogP contribution < -0.4 is 9.80 Å². The van der Waals surface area contributed by atoms with Crippen LogP contribution in [-0.2, 0) is 0 Å². The van der Waals surface area contributed by atoms with Crippen molar-refractivity contribution in [1.29, 1.82) is 0 Å². The quantitative estimate of drug-likeness (QED) is 0.695. The fraction of sp³-hybridized carbons (Fsp3) is 0.222. The van der Waals surface area contributed by atoms with Crippen molar-refractivity contribution in [2.45, 2.75) is 6.42 Å². The number of rotatable bonds is 2. The van der Waals surface area contributed by atoms with E-state index in [0.717, 1.165) is 24.3 Å². The van der Waals surface area contributed by atoms with Gasteiger partial charge in [0, 0.05) is 25.2 Å². The molecule has 132 valence electrons. The standard InChI is InChI=1S/C18H17ClN6O/c1-23-9-4-10-24(17-11-13(19)7-8-16(17)23)18(26)14-5-2-3-6-15(14)25-12-20-21-22-25/h2-3,5-8,11-12H,4,9-10H2,1H3. The number of para-hydroxylation sites is 1. The molecule has 0 fully saturated rings. The molecular weight excluding hydrogens is 352 g/mol. The lowest BCUT2D eigenvalue weighted by Gasteiger charge is -2.25. The lowest BCUT2D eigenvalue weighted by atomic mass is 10.1. The van der Waals surface area contributed by atoms with Gasteiger partial charge in [-0.2, -0.15) is 4.68 Å². The smallest absolute Gasteiger partial charge is 0.260 e. The maximum absolute atomic E-state index is 13.4. The van der Waals surface area contributed by atoms with Gasteiger partial charge in [-0.3, -0.25) is 4.79 Å². The molecule has 0 aliphatic carbocycles. The third-order valence-corrected chi connectivity index (χ3v) is 4.73. The molecule has 2 aromatic carbocycles. The molecule has 0 bridgehead atoms. The second kappa shape index (κ2) is 6.76. The normalized spacial score (nSPS) is 14.1. The number of hydrogen-bond donors (Lipinski definition) is 0.